The molecule has 1 unspecified atom stereocenters. The summed E-state index contributed by atoms with van der Waals surface area (Å²) in [6, 6.07) is 16.0. The lowest BCUT2D eigenvalue weighted by Gasteiger charge is -2.15. The van der Waals surface area contributed by atoms with E-state index in [0.717, 1.165) is 27.7 Å². The number of nitrogens with one attached hydrogen (secondary N) is 3. The van der Waals surface area contributed by atoms with Crippen molar-refractivity contribution in [1.82, 2.24) is 15.6 Å². The van der Waals surface area contributed by atoms with E-state index in [1.54, 1.807) is 0 Å². The molecule has 0 aliphatic carbocycles. The number of fused-ring (bicyclic) bond motifs is 1. The fourth-order valence-corrected chi connectivity index (χ4v) is 3.30. The van der Waals surface area contributed by atoms with Crippen LogP contribution in [-0.2, 0) is 6.42 Å². The lowest BCUT2D eigenvalue weighted by Crippen LogP contribution is -2.38. The molecule has 0 aliphatic rings. The number of urea groups is 1. The van der Waals surface area contributed by atoms with Gasteiger partial charge in [0.15, 0.2) is 0 Å². The van der Waals surface area contributed by atoms with Crippen LogP contribution >= 0.6 is 15.9 Å². The Morgan fingerprint density at radius 2 is 1.88 bits per heavy atom. The Hall–Kier alpha value is -2.27. The quantitative estimate of drug-likeness (QED) is 0.564. The van der Waals surface area contributed by atoms with Crippen LogP contribution in [0.4, 0.5) is 4.79 Å². The van der Waals surface area contributed by atoms with Crippen molar-refractivity contribution in [2.24, 2.45) is 0 Å². The summed E-state index contributed by atoms with van der Waals surface area (Å²) < 4.78 is 1.03. The first kappa shape index (κ1) is 17.5. The number of amides is 2. The maximum absolute atomic E-state index is 12.1. The second-order valence-corrected chi connectivity index (χ2v) is 7.11. The summed E-state index contributed by atoms with van der Waals surface area (Å²) in [5.41, 5.74) is 4.64. The molecule has 1 aromatic heterocycles. The van der Waals surface area contributed by atoms with Crippen LogP contribution in [0, 0.1) is 6.92 Å². The SMILES string of the molecule is Cc1[nH]c2ccccc2c1CCNC(=O)NC(C)c1ccc(Br)cc1. The van der Waals surface area contributed by atoms with Gasteiger partial charge in [0.25, 0.3) is 0 Å². The zero-order chi connectivity index (χ0) is 17.8. The van der Waals surface area contributed by atoms with Crippen LogP contribution in [0.5, 0.6) is 0 Å². The van der Waals surface area contributed by atoms with Crippen molar-refractivity contribution < 1.29 is 4.79 Å². The molecule has 0 fully saturated rings. The highest BCUT2D eigenvalue weighted by atomic mass is 79.9. The van der Waals surface area contributed by atoms with Crippen molar-refractivity contribution in [1.29, 1.82) is 0 Å². The summed E-state index contributed by atoms with van der Waals surface area (Å²) >= 11 is 3.42. The highest BCUT2D eigenvalue weighted by molar-refractivity contribution is 9.10. The molecule has 0 bridgehead atoms. The van der Waals surface area contributed by atoms with Crippen LogP contribution in [0.1, 0.15) is 29.8 Å². The first-order chi connectivity index (χ1) is 12.0. The van der Waals surface area contributed by atoms with E-state index in [2.05, 4.69) is 50.6 Å². The minimum absolute atomic E-state index is 0.0390. The molecule has 5 heteroatoms. The van der Waals surface area contributed by atoms with Gasteiger partial charge in [-0.05, 0) is 49.6 Å². The van der Waals surface area contributed by atoms with E-state index >= 15 is 0 Å². The number of carbonyl (C=O) groups is 1. The van der Waals surface area contributed by atoms with Crippen LogP contribution in [0.3, 0.4) is 0 Å². The third-order valence-electron chi connectivity index (χ3n) is 4.41. The number of benzene rings is 2. The molecule has 0 radical (unpaired) electrons. The molecule has 130 valence electrons. The summed E-state index contributed by atoms with van der Waals surface area (Å²) in [5, 5.41) is 7.15. The topological polar surface area (TPSA) is 56.9 Å². The fourth-order valence-electron chi connectivity index (χ4n) is 3.04. The van der Waals surface area contributed by atoms with Crippen LogP contribution in [-0.4, -0.2) is 17.6 Å². The van der Waals surface area contributed by atoms with Gasteiger partial charge in [0.05, 0.1) is 6.04 Å². The number of hydrogen-bond acceptors (Lipinski definition) is 1. The Kier molecular flexibility index (Phi) is 5.43. The highest BCUT2D eigenvalue weighted by Gasteiger charge is 2.11. The molecule has 2 aromatic carbocycles. The molecular formula is C20H22BrN3O. The summed E-state index contributed by atoms with van der Waals surface area (Å²) in [4.78, 5) is 15.5. The molecule has 1 atom stereocenters. The zero-order valence-corrected chi connectivity index (χ0v) is 16.0. The van der Waals surface area contributed by atoms with Crippen molar-refractivity contribution in [3.8, 4) is 0 Å². The van der Waals surface area contributed by atoms with E-state index in [1.807, 2.05) is 43.3 Å². The Balaban J connectivity index is 1.54. The zero-order valence-electron chi connectivity index (χ0n) is 14.4. The largest absolute Gasteiger partial charge is 0.358 e. The number of hydrogen-bond donors (Lipinski definition) is 3. The van der Waals surface area contributed by atoms with Gasteiger partial charge >= 0.3 is 6.03 Å². The number of halogens is 1. The lowest BCUT2D eigenvalue weighted by atomic mass is 10.1. The Morgan fingerprint density at radius 3 is 2.64 bits per heavy atom. The minimum Gasteiger partial charge on any atom is -0.358 e. The molecule has 2 amide bonds. The average Bonchev–Trinajstić information content (AvgIpc) is 2.91. The standard InChI is InChI=1S/C20H22BrN3O/c1-13(15-7-9-16(21)10-8-15)24-20(25)22-12-11-17-14(2)23-19-6-4-3-5-18(17)19/h3-10,13,23H,11-12H2,1-2H3,(H2,22,24,25). The lowest BCUT2D eigenvalue weighted by molar-refractivity contribution is 0.238. The molecule has 1 heterocycles. The monoisotopic (exact) mass is 399 g/mol. The molecule has 25 heavy (non-hydrogen) atoms. The highest BCUT2D eigenvalue weighted by Crippen LogP contribution is 2.22. The Labute approximate surface area is 156 Å². The van der Waals surface area contributed by atoms with Crippen LogP contribution < -0.4 is 10.6 Å². The van der Waals surface area contributed by atoms with E-state index < -0.39 is 0 Å². The number of aryl methyl sites for hydroxylation is 1. The van der Waals surface area contributed by atoms with E-state index in [0.29, 0.717) is 6.54 Å². The third kappa shape index (κ3) is 4.23. The Bertz CT molecular complexity index is 870. The van der Waals surface area contributed by atoms with Crippen LogP contribution in [0.2, 0.25) is 0 Å². The molecule has 3 aromatic rings. The molecule has 0 saturated carbocycles. The van der Waals surface area contributed by atoms with Gasteiger partial charge in [-0.15, -0.1) is 0 Å². The first-order valence-electron chi connectivity index (χ1n) is 8.40. The van der Waals surface area contributed by atoms with Gasteiger partial charge in [-0.3, -0.25) is 0 Å². The normalized spacial score (nSPS) is 12.1. The van der Waals surface area contributed by atoms with Crippen molar-refractivity contribution in [2.45, 2.75) is 26.3 Å². The summed E-state index contributed by atoms with van der Waals surface area (Å²) in [7, 11) is 0. The number of aromatic amines is 1. The number of para-hydroxylation sites is 1. The second kappa shape index (κ2) is 7.74. The van der Waals surface area contributed by atoms with E-state index in [1.165, 1.54) is 10.9 Å². The van der Waals surface area contributed by atoms with E-state index in [4.69, 9.17) is 0 Å². The van der Waals surface area contributed by atoms with Crippen molar-refractivity contribution in [2.75, 3.05) is 6.54 Å². The average molecular weight is 400 g/mol. The van der Waals surface area contributed by atoms with Crippen molar-refractivity contribution in [3.63, 3.8) is 0 Å². The van der Waals surface area contributed by atoms with Gasteiger partial charge < -0.3 is 15.6 Å². The minimum atomic E-state index is -0.145. The van der Waals surface area contributed by atoms with E-state index in [9.17, 15) is 4.79 Å². The Morgan fingerprint density at radius 1 is 1.16 bits per heavy atom. The fraction of sp³-hybridized carbons (Fsp3) is 0.250. The van der Waals surface area contributed by atoms with Gasteiger partial charge in [0, 0.05) is 27.6 Å². The number of aromatic nitrogens is 1. The number of H-pyrrole nitrogens is 1. The third-order valence-corrected chi connectivity index (χ3v) is 4.93. The van der Waals surface area contributed by atoms with E-state index in [-0.39, 0.29) is 12.1 Å². The smallest absolute Gasteiger partial charge is 0.315 e. The maximum Gasteiger partial charge on any atom is 0.315 e. The summed E-state index contributed by atoms with van der Waals surface area (Å²) in [6.07, 6.45) is 0.802. The van der Waals surface area contributed by atoms with Gasteiger partial charge in [0.1, 0.15) is 0 Å². The molecule has 0 saturated heterocycles. The van der Waals surface area contributed by atoms with Gasteiger partial charge in [-0.25, -0.2) is 4.79 Å². The molecule has 3 N–H and O–H groups in total. The maximum atomic E-state index is 12.1. The first-order valence-corrected chi connectivity index (χ1v) is 9.20. The second-order valence-electron chi connectivity index (χ2n) is 6.20. The molecule has 0 spiro atoms. The van der Waals surface area contributed by atoms with Crippen molar-refractivity contribution in [3.05, 3.63) is 69.8 Å². The molecule has 0 aliphatic heterocycles. The number of carbonyl (C=O) groups excluding carboxylic acids is 1. The van der Waals surface area contributed by atoms with Crippen LogP contribution in [0.25, 0.3) is 10.9 Å². The van der Waals surface area contributed by atoms with Gasteiger partial charge in [-0.1, -0.05) is 46.3 Å². The predicted molar refractivity (Wildman–Crippen MR) is 106 cm³/mol. The summed E-state index contributed by atoms with van der Waals surface area (Å²) in [6.45, 7) is 4.65. The summed E-state index contributed by atoms with van der Waals surface area (Å²) in [5.74, 6) is 0. The van der Waals surface area contributed by atoms with Gasteiger partial charge in [-0.2, -0.15) is 0 Å². The molecule has 4 nitrogen and oxygen atoms in total. The molecular weight excluding hydrogens is 378 g/mol. The number of rotatable bonds is 5. The van der Waals surface area contributed by atoms with Gasteiger partial charge in [0.2, 0.25) is 0 Å². The predicted octanol–water partition coefficient (Wildman–Crippen LogP) is 4.84. The molecule has 3 rings (SSSR count). The van der Waals surface area contributed by atoms with Crippen molar-refractivity contribution >= 4 is 32.9 Å². The van der Waals surface area contributed by atoms with Crippen LogP contribution in [0.15, 0.2) is 53.0 Å².